The monoisotopic (exact) mass is 280 g/mol. The van der Waals surface area contributed by atoms with Crippen molar-refractivity contribution < 1.29 is 9.53 Å². The van der Waals surface area contributed by atoms with Crippen LogP contribution in [0.3, 0.4) is 0 Å². The molecule has 108 valence electrons. The highest BCUT2D eigenvalue weighted by molar-refractivity contribution is 5.82. The summed E-state index contributed by atoms with van der Waals surface area (Å²) in [6.07, 6.45) is 10.6. The van der Waals surface area contributed by atoms with E-state index in [2.05, 4.69) is 35.5 Å². The highest BCUT2D eigenvalue weighted by Crippen LogP contribution is 1.95. The summed E-state index contributed by atoms with van der Waals surface area (Å²) in [6, 6.07) is 0. The van der Waals surface area contributed by atoms with Crippen LogP contribution in [0.25, 0.3) is 0 Å². The lowest BCUT2D eigenvalue weighted by Gasteiger charge is -1.99. The molecule has 0 aliphatic heterocycles. The summed E-state index contributed by atoms with van der Waals surface area (Å²) in [5.41, 5.74) is 0.942. The topological polar surface area (TPSA) is 26.3 Å². The second kappa shape index (κ2) is 13.8. The molecule has 0 atom stereocenters. The van der Waals surface area contributed by atoms with Crippen molar-refractivity contribution in [1.29, 1.82) is 0 Å². The van der Waals surface area contributed by atoms with Crippen molar-refractivity contribution in [2.75, 3.05) is 6.61 Å². The van der Waals surface area contributed by atoms with Gasteiger partial charge in [-0.15, -0.1) is 0 Å². The van der Waals surface area contributed by atoms with Crippen LogP contribution in [-0.4, -0.2) is 12.6 Å². The fourth-order valence-electron chi connectivity index (χ4n) is 1.13. The van der Waals surface area contributed by atoms with Crippen LogP contribution >= 0.6 is 0 Å². The Morgan fingerprint density at radius 3 is 2.57 bits per heavy atom. The van der Waals surface area contributed by atoms with Gasteiger partial charge < -0.3 is 4.74 Å². The van der Waals surface area contributed by atoms with E-state index in [0.29, 0.717) is 6.61 Å². The van der Waals surface area contributed by atoms with Gasteiger partial charge in [-0.05, 0) is 63.4 Å². The SMILES string of the molecule is CC#CC#CC#CC=CC=CCCCOC(=O)C=C(C)C. The molecule has 0 aliphatic rings. The summed E-state index contributed by atoms with van der Waals surface area (Å²) < 4.78 is 5.03. The Morgan fingerprint density at radius 2 is 1.86 bits per heavy atom. The molecule has 0 N–H and O–H groups in total. The number of hydrogen-bond acceptors (Lipinski definition) is 2. The van der Waals surface area contributed by atoms with Gasteiger partial charge >= 0.3 is 5.97 Å². The van der Waals surface area contributed by atoms with Crippen molar-refractivity contribution in [2.45, 2.75) is 33.6 Å². The normalized spacial score (nSPS) is 8.90. The number of esters is 1. The number of carbonyl (C=O) groups is 1. The number of allylic oxidation sites excluding steroid dienone is 5. The molecule has 0 amide bonds. The summed E-state index contributed by atoms with van der Waals surface area (Å²) >= 11 is 0. The molecule has 0 saturated heterocycles. The smallest absolute Gasteiger partial charge is 0.330 e. The van der Waals surface area contributed by atoms with Crippen LogP contribution in [0.4, 0.5) is 0 Å². The van der Waals surface area contributed by atoms with Gasteiger partial charge in [-0.2, -0.15) is 0 Å². The lowest BCUT2D eigenvalue weighted by Crippen LogP contribution is -2.02. The first-order valence-corrected chi connectivity index (χ1v) is 6.72. The highest BCUT2D eigenvalue weighted by Gasteiger charge is 1.95. The Balaban J connectivity index is 3.74. The molecule has 0 unspecified atom stereocenters. The van der Waals surface area contributed by atoms with Crippen LogP contribution in [0, 0.1) is 35.5 Å². The largest absolute Gasteiger partial charge is 0.463 e. The molecular weight excluding hydrogens is 260 g/mol. The molecular formula is C19H20O2. The van der Waals surface area contributed by atoms with E-state index >= 15 is 0 Å². The molecule has 0 aromatic heterocycles. The van der Waals surface area contributed by atoms with E-state index in [1.165, 1.54) is 6.08 Å². The van der Waals surface area contributed by atoms with E-state index < -0.39 is 0 Å². The molecule has 2 nitrogen and oxygen atoms in total. The van der Waals surface area contributed by atoms with Crippen LogP contribution in [-0.2, 0) is 9.53 Å². The van der Waals surface area contributed by atoms with Gasteiger partial charge in [-0.3, -0.25) is 0 Å². The van der Waals surface area contributed by atoms with Gasteiger partial charge in [0.1, 0.15) is 0 Å². The molecule has 0 spiro atoms. The van der Waals surface area contributed by atoms with E-state index in [-0.39, 0.29) is 5.97 Å². The second-order valence-corrected chi connectivity index (χ2v) is 4.21. The van der Waals surface area contributed by atoms with Crippen molar-refractivity contribution in [2.24, 2.45) is 0 Å². The highest BCUT2D eigenvalue weighted by atomic mass is 16.5. The van der Waals surface area contributed by atoms with Gasteiger partial charge in [0.15, 0.2) is 0 Å². The van der Waals surface area contributed by atoms with E-state index in [1.807, 2.05) is 32.1 Å². The van der Waals surface area contributed by atoms with Crippen molar-refractivity contribution in [3.8, 4) is 35.5 Å². The Bertz CT molecular complexity index is 581. The Kier molecular flexibility index (Phi) is 12.1. The average molecular weight is 280 g/mol. The minimum atomic E-state index is -0.275. The first-order chi connectivity index (χ1) is 10.2. The molecule has 0 rings (SSSR count). The van der Waals surface area contributed by atoms with Crippen molar-refractivity contribution in [1.82, 2.24) is 0 Å². The molecule has 0 aromatic rings. The van der Waals surface area contributed by atoms with Crippen LogP contribution in [0.5, 0.6) is 0 Å². The molecule has 0 radical (unpaired) electrons. The number of carbonyl (C=O) groups excluding carboxylic acids is 1. The summed E-state index contributed by atoms with van der Waals surface area (Å²) in [6.45, 7) is 5.89. The van der Waals surface area contributed by atoms with E-state index in [4.69, 9.17) is 4.74 Å². The molecule has 0 bridgehead atoms. The first kappa shape index (κ1) is 18.4. The van der Waals surface area contributed by atoms with Gasteiger partial charge in [0.25, 0.3) is 0 Å². The maximum absolute atomic E-state index is 11.2. The predicted molar refractivity (Wildman–Crippen MR) is 86.9 cm³/mol. The zero-order valence-electron chi connectivity index (χ0n) is 12.8. The second-order valence-electron chi connectivity index (χ2n) is 4.21. The molecule has 0 heterocycles. The maximum atomic E-state index is 11.2. The molecule has 21 heavy (non-hydrogen) atoms. The van der Waals surface area contributed by atoms with Crippen LogP contribution in [0.15, 0.2) is 36.0 Å². The predicted octanol–water partition coefficient (Wildman–Crippen LogP) is 3.42. The summed E-state index contributed by atoms with van der Waals surface area (Å²) in [5, 5.41) is 0. The number of unbranched alkanes of at least 4 members (excludes halogenated alkanes) is 1. The Hall–Kier alpha value is -2.63. The van der Waals surface area contributed by atoms with Gasteiger partial charge in [0.05, 0.1) is 6.61 Å². The fourth-order valence-corrected chi connectivity index (χ4v) is 1.13. The van der Waals surface area contributed by atoms with Crippen molar-refractivity contribution in [3.63, 3.8) is 0 Å². The summed E-state index contributed by atoms with van der Waals surface area (Å²) in [4.78, 5) is 11.2. The lowest BCUT2D eigenvalue weighted by molar-refractivity contribution is -0.137. The van der Waals surface area contributed by atoms with Crippen LogP contribution in [0.1, 0.15) is 33.6 Å². The Labute approximate surface area is 128 Å². The van der Waals surface area contributed by atoms with E-state index in [9.17, 15) is 4.79 Å². The third-order valence-corrected chi connectivity index (χ3v) is 1.98. The first-order valence-electron chi connectivity index (χ1n) is 6.72. The maximum Gasteiger partial charge on any atom is 0.330 e. The van der Waals surface area contributed by atoms with Gasteiger partial charge in [-0.25, -0.2) is 4.79 Å². The van der Waals surface area contributed by atoms with Crippen LogP contribution in [0.2, 0.25) is 0 Å². The van der Waals surface area contributed by atoms with Gasteiger partial charge in [0, 0.05) is 6.08 Å². The van der Waals surface area contributed by atoms with Gasteiger partial charge in [-0.1, -0.05) is 35.6 Å². The number of hydrogen-bond donors (Lipinski definition) is 0. The van der Waals surface area contributed by atoms with E-state index in [0.717, 1.165) is 18.4 Å². The molecule has 0 fully saturated rings. The average Bonchev–Trinajstić information content (AvgIpc) is 2.43. The Morgan fingerprint density at radius 1 is 1.10 bits per heavy atom. The number of ether oxygens (including phenoxy) is 1. The minimum Gasteiger partial charge on any atom is -0.463 e. The summed E-state index contributed by atoms with van der Waals surface area (Å²) in [7, 11) is 0. The van der Waals surface area contributed by atoms with Crippen molar-refractivity contribution in [3.05, 3.63) is 36.0 Å². The van der Waals surface area contributed by atoms with E-state index in [1.54, 1.807) is 13.0 Å². The fraction of sp³-hybridized carbons (Fsp3) is 0.316. The zero-order chi connectivity index (χ0) is 15.8. The molecule has 0 aromatic carbocycles. The standard InChI is InChI=1S/C19H20O2/c1-4-5-6-7-8-9-10-11-12-13-14-15-16-21-19(20)17-18(2)3/h10-13,17H,14-16H2,1-3H3. The molecule has 2 heteroatoms. The summed E-state index contributed by atoms with van der Waals surface area (Å²) in [5.74, 6) is 15.7. The quantitative estimate of drug-likeness (QED) is 0.245. The van der Waals surface area contributed by atoms with Crippen LogP contribution < -0.4 is 0 Å². The molecule has 0 saturated carbocycles. The molecule has 0 aliphatic carbocycles. The lowest BCUT2D eigenvalue weighted by atomic mass is 10.3. The third-order valence-electron chi connectivity index (χ3n) is 1.98. The number of rotatable bonds is 6. The minimum absolute atomic E-state index is 0.275. The third kappa shape index (κ3) is 15.3. The zero-order valence-corrected chi connectivity index (χ0v) is 12.8. The van der Waals surface area contributed by atoms with Gasteiger partial charge in [0.2, 0.25) is 0 Å². The van der Waals surface area contributed by atoms with Crippen molar-refractivity contribution >= 4 is 5.97 Å².